The van der Waals surface area contributed by atoms with Crippen molar-refractivity contribution in [3.8, 4) is 17.2 Å². The summed E-state index contributed by atoms with van der Waals surface area (Å²) in [5.41, 5.74) is 3.70. The van der Waals surface area contributed by atoms with Crippen molar-refractivity contribution in [1.82, 2.24) is 5.32 Å². The summed E-state index contributed by atoms with van der Waals surface area (Å²) < 4.78 is 17.0. The van der Waals surface area contributed by atoms with Gasteiger partial charge in [-0.1, -0.05) is 54.1 Å². The van der Waals surface area contributed by atoms with Crippen molar-refractivity contribution in [2.75, 3.05) is 20.3 Å². The van der Waals surface area contributed by atoms with Crippen LogP contribution in [0, 0.1) is 6.92 Å². The van der Waals surface area contributed by atoms with Gasteiger partial charge in [0.25, 0.3) is 0 Å². The fourth-order valence-electron chi connectivity index (χ4n) is 2.83. The van der Waals surface area contributed by atoms with Gasteiger partial charge in [0.2, 0.25) is 0 Å². The maximum absolute atomic E-state index is 5.82. The number of ether oxygens (including phenoxy) is 3. The molecule has 1 N–H and O–H groups in total. The number of hydrogen-bond acceptors (Lipinski definition) is 4. The molecule has 4 nitrogen and oxygen atoms in total. The zero-order valence-corrected chi connectivity index (χ0v) is 16.5. The summed E-state index contributed by atoms with van der Waals surface area (Å²) in [5, 5.41) is 3.46. The topological polar surface area (TPSA) is 39.7 Å². The average molecular weight is 377 g/mol. The second-order valence-electron chi connectivity index (χ2n) is 6.58. The summed E-state index contributed by atoms with van der Waals surface area (Å²) in [7, 11) is 1.66. The molecule has 0 radical (unpaired) electrons. The van der Waals surface area contributed by atoms with Crippen molar-refractivity contribution in [2.45, 2.75) is 20.0 Å². The van der Waals surface area contributed by atoms with Gasteiger partial charge in [-0.25, -0.2) is 0 Å². The van der Waals surface area contributed by atoms with Gasteiger partial charge in [0, 0.05) is 13.1 Å². The third-order valence-corrected chi connectivity index (χ3v) is 4.36. The van der Waals surface area contributed by atoms with Crippen LogP contribution in [0.1, 0.15) is 16.7 Å². The number of para-hydroxylation sites is 1. The molecule has 3 rings (SSSR count). The van der Waals surface area contributed by atoms with E-state index in [-0.39, 0.29) is 0 Å². The fourth-order valence-corrected chi connectivity index (χ4v) is 2.83. The van der Waals surface area contributed by atoms with Gasteiger partial charge in [0.05, 0.1) is 7.11 Å². The van der Waals surface area contributed by atoms with Crippen molar-refractivity contribution in [2.24, 2.45) is 0 Å². The van der Waals surface area contributed by atoms with E-state index in [2.05, 4.69) is 42.6 Å². The Morgan fingerprint density at radius 3 is 2.14 bits per heavy atom. The first-order valence-corrected chi connectivity index (χ1v) is 9.48. The molecule has 3 aromatic carbocycles. The van der Waals surface area contributed by atoms with Gasteiger partial charge >= 0.3 is 0 Å². The first-order chi connectivity index (χ1) is 13.7. The van der Waals surface area contributed by atoms with Gasteiger partial charge in [0.15, 0.2) is 11.5 Å². The lowest BCUT2D eigenvalue weighted by Crippen LogP contribution is -2.13. The van der Waals surface area contributed by atoms with E-state index in [1.807, 2.05) is 42.5 Å². The summed E-state index contributed by atoms with van der Waals surface area (Å²) in [4.78, 5) is 0. The Bertz CT molecular complexity index is 847. The zero-order chi connectivity index (χ0) is 19.6. The van der Waals surface area contributed by atoms with Crippen molar-refractivity contribution < 1.29 is 14.2 Å². The van der Waals surface area contributed by atoms with Gasteiger partial charge in [-0.15, -0.1) is 0 Å². The van der Waals surface area contributed by atoms with E-state index in [1.165, 1.54) is 11.1 Å². The van der Waals surface area contributed by atoms with Crippen LogP contribution in [0.25, 0.3) is 0 Å². The smallest absolute Gasteiger partial charge is 0.161 e. The van der Waals surface area contributed by atoms with Gasteiger partial charge in [-0.3, -0.25) is 0 Å². The Balaban J connectivity index is 1.46. The molecule has 0 spiro atoms. The highest BCUT2D eigenvalue weighted by Gasteiger charge is 2.06. The van der Waals surface area contributed by atoms with Gasteiger partial charge in [0.1, 0.15) is 19.0 Å². The van der Waals surface area contributed by atoms with Crippen LogP contribution in [0.4, 0.5) is 0 Å². The highest BCUT2D eigenvalue weighted by Crippen LogP contribution is 2.28. The SMILES string of the molecule is COc1cc(CNCc2ccc(C)cc2)ccc1OCCOc1ccccc1. The molecule has 146 valence electrons. The summed E-state index contributed by atoms with van der Waals surface area (Å²) >= 11 is 0. The molecular formula is C24H27NO3. The molecule has 0 atom stereocenters. The van der Waals surface area contributed by atoms with Crippen molar-refractivity contribution in [3.05, 3.63) is 89.5 Å². The third-order valence-electron chi connectivity index (χ3n) is 4.36. The Morgan fingerprint density at radius 2 is 1.39 bits per heavy atom. The minimum absolute atomic E-state index is 0.455. The highest BCUT2D eigenvalue weighted by atomic mass is 16.5. The van der Waals surface area contributed by atoms with Crippen LogP contribution in [0.2, 0.25) is 0 Å². The summed E-state index contributed by atoms with van der Waals surface area (Å²) in [6.45, 7) is 4.63. The van der Waals surface area contributed by atoms with Crippen LogP contribution >= 0.6 is 0 Å². The Kier molecular flexibility index (Phi) is 7.33. The van der Waals surface area contributed by atoms with Gasteiger partial charge < -0.3 is 19.5 Å². The number of aryl methyl sites for hydroxylation is 1. The monoisotopic (exact) mass is 377 g/mol. The molecule has 0 saturated carbocycles. The second-order valence-corrected chi connectivity index (χ2v) is 6.58. The fraction of sp³-hybridized carbons (Fsp3) is 0.250. The Labute approximate surface area is 167 Å². The maximum Gasteiger partial charge on any atom is 0.161 e. The van der Waals surface area contributed by atoms with Crippen LogP contribution in [0.3, 0.4) is 0 Å². The normalized spacial score (nSPS) is 10.5. The average Bonchev–Trinajstić information content (AvgIpc) is 2.74. The van der Waals surface area contributed by atoms with Crippen LogP contribution in [-0.4, -0.2) is 20.3 Å². The van der Waals surface area contributed by atoms with Crippen LogP contribution in [0.15, 0.2) is 72.8 Å². The molecule has 0 aromatic heterocycles. The van der Waals surface area contributed by atoms with Crippen LogP contribution < -0.4 is 19.5 Å². The third kappa shape index (κ3) is 6.03. The standard InChI is InChI=1S/C24H27NO3/c1-19-8-10-20(11-9-19)17-25-18-21-12-13-23(24(16-21)26-2)28-15-14-27-22-6-4-3-5-7-22/h3-13,16,25H,14-15,17-18H2,1-2H3. The van der Waals surface area contributed by atoms with Crippen molar-refractivity contribution in [3.63, 3.8) is 0 Å². The number of hydrogen-bond donors (Lipinski definition) is 1. The summed E-state index contributed by atoms with van der Waals surface area (Å²) in [6, 6.07) is 24.3. The quantitative estimate of drug-likeness (QED) is 0.518. The van der Waals surface area contributed by atoms with E-state index in [0.717, 1.165) is 35.9 Å². The maximum atomic E-state index is 5.82. The van der Waals surface area contributed by atoms with Gasteiger partial charge in [-0.2, -0.15) is 0 Å². The number of rotatable bonds is 10. The Hall–Kier alpha value is -2.98. The molecule has 0 unspecified atom stereocenters. The van der Waals surface area contributed by atoms with Crippen LogP contribution in [-0.2, 0) is 13.1 Å². The van der Waals surface area contributed by atoms with Crippen molar-refractivity contribution in [1.29, 1.82) is 0 Å². The molecule has 0 aliphatic carbocycles. The van der Waals surface area contributed by atoms with Crippen molar-refractivity contribution >= 4 is 0 Å². The van der Waals surface area contributed by atoms with E-state index in [0.29, 0.717) is 13.2 Å². The molecule has 0 saturated heterocycles. The second kappa shape index (κ2) is 10.4. The molecule has 0 amide bonds. The summed E-state index contributed by atoms with van der Waals surface area (Å²) in [5.74, 6) is 2.30. The first kappa shape index (κ1) is 19.8. The largest absolute Gasteiger partial charge is 0.493 e. The van der Waals surface area contributed by atoms with Gasteiger partial charge in [-0.05, 0) is 42.3 Å². The molecule has 0 aliphatic rings. The number of nitrogens with one attached hydrogen (secondary N) is 1. The lowest BCUT2D eigenvalue weighted by molar-refractivity contribution is 0.211. The molecule has 0 fully saturated rings. The lowest BCUT2D eigenvalue weighted by atomic mass is 10.1. The minimum atomic E-state index is 0.455. The number of benzene rings is 3. The van der Waals surface area contributed by atoms with E-state index >= 15 is 0 Å². The predicted octanol–water partition coefficient (Wildman–Crippen LogP) is 4.75. The van der Waals surface area contributed by atoms with E-state index in [9.17, 15) is 0 Å². The van der Waals surface area contributed by atoms with E-state index in [1.54, 1.807) is 7.11 Å². The summed E-state index contributed by atoms with van der Waals surface area (Å²) in [6.07, 6.45) is 0. The zero-order valence-electron chi connectivity index (χ0n) is 16.5. The Morgan fingerprint density at radius 1 is 0.714 bits per heavy atom. The molecular weight excluding hydrogens is 350 g/mol. The number of methoxy groups -OCH3 is 1. The molecule has 0 aliphatic heterocycles. The molecule has 0 bridgehead atoms. The van der Waals surface area contributed by atoms with E-state index in [4.69, 9.17) is 14.2 Å². The molecule has 0 heterocycles. The minimum Gasteiger partial charge on any atom is -0.493 e. The predicted molar refractivity (Wildman–Crippen MR) is 112 cm³/mol. The molecule has 28 heavy (non-hydrogen) atoms. The first-order valence-electron chi connectivity index (χ1n) is 9.48. The lowest BCUT2D eigenvalue weighted by Gasteiger charge is -2.13. The molecule has 4 heteroatoms. The van der Waals surface area contributed by atoms with E-state index < -0.39 is 0 Å². The van der Waals surface area contributed by atoms with Crippen LogP contribution in [0.5, 0.6) is 17.2 Å². The molecule has 3 aromatic rings. The highest BCUT2D eigenvalue weighted by molar-refractivity contribution is 5.43.